The zero-order valence-electron chi connectivity index (χ0n) is 10.2. The molecular formula is C11H19N3O3S. The molecule has 0 spiro atoms. The Kier molecular flexibility index (Phi) is 4.76. The van der Waals surface area contributed by atoms with Gasteiger partial charge in [-0.1, -0.05) is 0 Å². The van der Waals surface area contributed by atoms with Crippen LogP contribution in [0.1, 0.15) is 12.8 Å². The Morgan fingerprint density at radius 2 is 2.17 bits per heavy atom. The second-order valence-electron chi connectivity index (χ2n) is 4.26. The molecule has 6 nitrogen and oxygen atoms in total. The summed E-state index contributed by atoms with van der Waals surface area (Å²) < 4.78 is 31.6. The summed E-state index contributed by atoms with van der Waals surface area (Å²) in [5, 5.41) is 3.25. The van der Waals surface area contributed by atoms with Gasteiger partial charge in [-0.3, -0.25) is 0 Å². The molecule has 0 unspecified atom stereocenters. The van der Waals surface area contributed by atoms with Crippen LogP contribution in [-0.4, -0.2) is 45.7 Å². The van der Waals surface area contributed by atoms with E-state index in [0.717, 1.165) is 25.9 Å². The maximum atomic E-state index is 11.7. The van der Waals surface area contributed by atoms with Gasteiger partial charge < -0.3 is 15.0 Å². The molecule has 0 radical (unpaired) electrons. The summed E-state index contributed by atoms with van der Waals surface area (Å²) in [5.74, 6) is 0. The van der Waals surface area contributed by atoms with Crippen LogP contribution in [0.2, 0.25) is 0 Å². The molecule has 3 N–H and O–H groups in total. The molecule has 1 saturated heterocycles. The average Bonchev–Trinajstić information content (AvgIpc) is 2.91. The minimum atomic E-state index is -3.39. The lowest BCUT2D eigenvalue weighted by Crippen LogP contribution is -2.34. The van der Waals surface area contributed by atoms with E-state index in [-0.39, 0.29) is 11.0 Å². The van der Waals surface area contributed by atoms with Crippen LogP contribution in [-0.2, 0) is 14.8 Å². The molecule has 1 aliphatic rings. The first-order valence-electron chi connectivity index (χ1n) is 6.13. The van der Waals surface area contributed by atoms with Gasteiger partial charge in [0.25, 0.3) is 0 Å². The number of hydrogen-bond acceptors (Lipinski definition) is 4. The molecule has 0 amide bonds. The number of hydrogen-bond donors (Lipinski definition) is 3. The van der Waals surface area contributed by atoms with Gasteiger partial charge in [-0.25, -0.2) is 13.1 Å². The molecule has 102 valence electrons. The van der Waals surface area contributed by atoms with E-state index in [1.165, 1.54) is 12.3 Å². The van der Waals surface area contributed by atoms with Gasteiger partial charge in [0, 0.05) is 18.9 Å². The highest BCUT2D eigenvalue weighted by Gasteiger charge is 2.15. The molecular weight excluding hydrogens is 254 g/mol. The lowest BCUT2D eigenvalue weighted by Gasteiger charge is -2.22. The number of piperidine rings is 1. The normalized spacial score (nSPS) is 18.0. The van der Waals surface area contributed by atoms with Crippen molar-refractivity contribution in [2.24, 2.45) is 0 Å². The fraction of sp³-hybridized carbons (Fsp3) is 0.636. The standard InChI is InChI=1S/C11H19N3O3S/c15-18(16,11-3-6-13-9-11)14-7-8-17-10-1-4-12-5-2-10/h3,6,9-10,12-14H,1-2,4-5,7-8H2. The summed E-state index contributed by atoms with van der Waals surface area (Å²) in [4.78, 5) is 2.97. The molecule has 0 bridgehead atoms. The van der Waals surface area contributed by atoms with Crippen LogP contribution in [0, 0.1) is 0 Å². The van der Waals surface area contributed by atoms with Gasteiger partial charge in [0.1, 0.15) is 0 Å². The van der Waals surface area contributed by atoms with Gasteiger partial charge in [-0.15, -0.1) is 0 Å². The van der Waals surface area contributed by atoms with Gasteiger partial charge in [0.05, 0.1) is 17.6 Å². The lowest BCUT2D eigenvalue weighted by molar-refractivity contribution is 0.0367. The smallest absolute Gasteiger partial charge is 0.242 e. The van der Waals surface area contributed by atoms with Crippen molar-refractivity contribution in [3.63, 3.8) is 0 Å². The molecule has 1 aliphatic heterocycles. The Bertz CT molecular complexity index is 438. The summed E-state index contributed by atoms with van der Waals surface area (Å²) in [7, 11) is -3.39. The third kappa shape index (κ3) is 3.81. The second-order valence-corrected chi connectivity index (χ2v) is 6.03. The van der Waals surface area contributed by atoms with Crippen molar-refractivity contribution in [2.45, 2.75) is 23.8 Å². The number of aromatic nitrogens is 1. The number of nitrogens with one attached hydrogen (secondary N) is 3. The first-order chi connectivity index (χ1) is 8.68. The number of sulfonamides is 1. The Morgan fingerprint density at radius 3 is 2.83 bits per heavy atom. The average molecular weight is 273 g/mol. The summed E-state index contributed by atoms with van der Waals surface area (Å²) >= 11 is 0. The minimum absolute atomic E-state index is 0.253. The Balaban J connectivity index is 1.69. The van der Waals surface area contributed by atoms with Crippen molar-refractivity contribution in [3.05, 3.63) is 18.5 Å². The zero-order chi connectivity index (χ0) is 12.8. The van der Waals surface area contributed by atoms with E-state index in [9.17, 15) is 8.42 Å². The van der Waals surface area contributed by atoms with Crippen LogP contribution >= 0.6 is 0 Å². The summed E-state index contributed by atoms with van der Waals surface area (Å²) in [5.41, 5.74) is 0. The van der Waals surface area contributed by atoms with Crippen molar-refractivity contribution in [1.29, 1.82) is 0 Å². The van der Waals surface area contributed by atoms with Crippen LogP contribution in [0.15, 0.2) is 23.4 Å². The van der Waals surface area contributed by atoms with Gasteiger partial charge >= 0.3 is 0 Å². The van der Waals surface area contributed by atoms with Crippen LogP contribution in [0.4, 0.5) is 0 Å². The SMILES string of the molecule is O=S(=O)(NCCOC1CCNCC1)c1cc[nH]c1. The Labute approximate surface area is 107 Å². The van der Waals surface area contributed by atoms with E-state index >= 15 is 0 Å². The molecule has 0 aliphatic carbocycles. The Morgan fingerprint density at radius 1 is 1.39 bits per heavy atom. The predicted molar refractivity (Wildman–Crippen MR) is 67.8 cm³/mol. The summed E-state index contributed by atoms with van der Waals surface area (Å²) in [6, 6.07) is 1.52. The van der Waals surface area contributed by atoms with Crippen molar-refractivity contribution in [1.82, 2.24) is 15.0 Å². The van der Waals surface area contributed by atoms with Crippen LogP contribution in [0.25, 0.3) is 0 Å². The van der Waals surface area contributed by atoms with E-state index in [4.69, 9.17) is 4.74 Å². The molecule has 1 aromatic rings. The number of ether oxygens (including phenoxy) is 1. The molecule has 18 heavy (non-hydrogen) atoms. The minimum Gasteiger partial charge on any atom is -0.377 e. The van der Waals surface area contributed by atoms with E-state index in [1.54, 1.807) is 6.20 Å². The van der Waals surface area contributed by atoms with E-state index in [2.05, 4.69) is 15.0 Å². The van der Waals surface area contributed by atoms with Crippen LogP contribution < -0.4 is 10.0 Å². The maximum absolute atomic E-state index is 11.7. The topological polar surface area (TPSA) is 83.2 Å². The van der Waals surface area contributed by atoms with Crippen LogP contribution in [0.3, 0.4) is 0 Å². The largest absolute Gasteiger partial charge is 0.377 e. The zero-order valence-corrected chi connectivity index (χ0v) is 11.0. The first-order valence-corrected chi connectivity index (χ1v) is 7.61. The third-order valence-corrected chi connectivity index (χ3v) is 4.37. The van der Waals surface area contributed by atoms with E-state index in [1.807, 2.05) is 0 Å². The molecule has 2 rings (SSSR count). The highest BCUT2D eigenvalue weighted by Crippen LogP contribution is 2.07. The molecule has 1 aromatic heterocycles. The highest BCUT2D eigenvalue weighted by molar-refractivity contribution is 7.89. The van der Waals surface area contributed by atoms with E-state index < -0.39 is 10.0 Å². The summed E-state index contributed by atoms with van der Waals surface area (Å²) in [6.07, 6.45) is 5.27. The fourth-order valence-corrected chi connectivity index (χ4v) is 2.91. The Hall–Kier alpha value is -0.890. The summed E-state index contributed by atoms with van der Waals surface area (Å²) in [6.45, 7) is 2.66. The number of H-pyrrole nitrogens is 1. The van der Waals surface area contributed by atoms with Crippen molar-refractivity contribution in [3.8, 4) is 0 Å². The molecule has 0 aromatic carbocycles. The molecule has 2 heterocycles. The first kappa shape index (κ1) is 13.5. The molecule has 0 atom stereocenters. The van der Waals surface area contributed by atoms with E-state index in [0.29, 0.717) is 13.2 Å². The highest BCUT2D eigenvalue weighted by atomic mass is 32.2. The van der Waals surface area contributed by atoms with Gasteiger partial charge in [-0.2, -0.15) is 0 Å². The molecule has 1 fully saturated rings. The number of aromatic amines is 1. The lowest BCUT2D eigenvalue weighted by atomic mass is 10.1. The van der Waals surface area contributed by atoms with Gasteiger partial charge in [0.2, 0.25) is 10.0 Å². The predicted octanol–water partition coefficient (Wildman–Crippen LogP) is 0.0616. The van der Waals surface area contributed by atoms with Crippen molar-refractivity contribution in [2.75, 3.05) is 26.2 Å². The van der Waals surface area contributed by atoms with Gasteiger partial charge in [-0.05, 0) is 32.0 Å². The van der Waals surface area contributed by atoms with Crippen molar-refractivity contribution >= 4 is 10.0 Å². The fourth-order valence-electron chi connectivity index (χ4n) is 1.92. The maximum Gasteiger partial charge on any atom is 0.242 e. The monoisotopic (exact) mass is 273 g/mol. The number of rotatable bonds is 6. The quantitative estimate of drug-likeness (QED) is 0.640. The van der Waals surface area contributed by atoms with Crippen LogP contribution in [0.5, 0.6) is 0 Å². The van der Waals surface area contributed by atoms with Crippen molar-refractivity contribution < 1.29 is 13.2 Å². The van der Waals surface area contributed by atoms with Gasteiger partial charge in [0.15, 0.2) is 0 Å². The molecule has 0 saturated carbocycles. The molecule has 7 heteroatoms. The second kappa shape index (κ2) is 6.33. The third-order valence-electron chi connectivity index (χ3n) is 2.91.